The van der Waals surface area contributed by atoms with Gasteiger partial charge >= 0.3 is 0 Å². The van der Waals surface area contributed by atoms with E-state index in [2.05, 4.69) is 43.4 Å². The SMILES string of the molecule is CCCCCCCCCCCCNCc1ccc(C)cc1. The first kappa shape index (κ1) is 18.2. The molecular formula is C20H35N. The number of benzene rings is 1. The molecule has 0 aliphatic carbocycles. The molecular weight excluding hydrogens is 254 g/mol. The van der Waals surface area contributed by atoms with Gasteiger partial charge in [0.2, 0.25) is 0 Å². The van der Waals surface area contributed by atoms with Gasteiger partial charge < -0.3 is 5.32 Å². The van der Waals surface area contributed by atoms with E-state index in [4.69, 9.17) is 0 Å². The van der Waals surface area contributed by atoms with Gasteiger partial charge in [0.25, 0.3) is 0 Å². The summed E-state index contributed by atoms with van der Waals surface area (Å²) >= 11 is 0. The Kier molecular flexibility index (Phi) is 11.2. The van der Waals surface area contributed by atoms with E-state index in [0.717, 1.165) is 13.1 Å². The van der Waals surface area contributed by atoms with Crippen LogP contribution in [0, 0.1) is 6.92 Å². The molecule has 0 saturated carbocycles. The minimum absolute atomic E-state index is 1.01. The summed E-state index contributed by atoms with van der Waals surface area (Å²) in [6.07, 6.45) is 14.1. The van der Waals surface area contributed by atoms with E-state index >= 15 is 0 Å². The highest BCUT2D eigenvalue weighted by Crippen LogP contribution is 2.10. The van der Waals surface area contributed by atoms with Crippen LogP contribution in [-0.2, 0) is 6.54 Å². The lowest BCUT2D eigenvalue weighted by atomic mass is 10.1. The molecule has 0 unspecified atom stereocenters. The van der Waals surface area contributed by atoms with Crippen molar-refractivity contribution in [1.29, 1.82) is 0 Å². The van der Waals surface area contributed by atoms with Crippen molar-refractivity contribution in [2.75, 3.05) is 6.54 Å². The van der Waals surface area contributed by atoms with E-state index in [0.29, 0.717) is 0 Å². The smallest absolute Gasteiger partial charge is 0.0205 e. The fourth-order valence-electron chi connectivity index (χ4n) is 2.68. The van der Waals surface area contributed by atoms with Crippen LogP contribution in [0.25, 0.3) is 0 Å². The number of aryl methyl sites for hydroxylation is 1. The van der Waals surface area contributed by atoms with Crippen LogP contribution in [0.5, 0.6) is 0 Å². The molecule has 0 heterocycles. The molecule has 1 aromatic rings. The van der Waals surface area contributed by atoms with Gasteiger partial charge in [0.15, 0.2) is 0 Å². The van der Waals surface area contributed by atoms with Crippen LogP contribution in [0.15, 0.2) is 24.3 Å². The van der Waals surface area contributed by atoms with Crippen molar-refractivity contribution >= 4 is 0 Å². The van der Waals surface area contributed by atoms with Crippen LogP contribution in [0.1, 0.15) is 82.3 Å². The summed E-state index contributed by atoms with van der Waals surface area (Å²) in [5, 5.41) is 3.55. The first-order valence-corrected chi connectivity index (χ1v) is 9.09. The van der Waals surface area contributed by atoms with Crippen molar-refractivity contribution in [3.05, 3.63) is 35.4 Å². The maximum absolute atomic E-state index is 3.55. The van der Waals surface area contributed by atoms with Crippen LogP contribution in [-0.4, -0.2) is 6.54 Å². The summed E-state index contributed by atoms with van der Waals surface area (Å²) in [5.41, 5.74) is 2.74. The summed E-state index contributed by atoms with van der Waals surface area (Å²) < 4.78 is 0. The number of hydrogen-bond donors (Lipinski definition) is 1. The van der Waals surface area contributed by atoms with Gasteiger partial charge in [-0.05, 0) is 25.5 Å². The lowest BCUT2D eigenvalue weighted by molar-refractivity contribution is 0.543. The zero-order chi connectivity index (χ0) is 15.2. The molecule has 21 heavy (non-hydrogen) atoms. The van der Waals surface area contributed by atoms with Crippen LogP contribution < -0.4 is 5.32 Å². The van der Waals surface area contributed by atoms with Crippen molar-refractivity contribution in [1.82, 2.24) is 5.32 Å². The zero-order valence-corrected chi connectivity index (χ0v) is 14.3. The molecule has 0 bridgehead atoms. The number of rotatable bonds is 13. The van der Waals surface area contributed by atoms with Gasteiger partial charge in [-0.25, -0.2) is 0 Å². The molecule has 120 valence electrons. The molecule has 0 aliphatic rings. The summed E-state index contributed by atoms with van der Waals surface area (Å²) in [5.74, 6) is 0. The number of nitrogens with one attached hydrogen (secondary N) is 1. The van der Waals surface area contributed by atoms with Crippen LogP contribution >= 0.6 is 0 Å². The largest absolute Gasteiger partial charge is 0.313 e. The quantitative estimate of drug-likeness (QED) is 0.439. The first-order chi connectivity index (χ1) is 10.3. The summed E-state index contributed by atoms with van der Waals surface area (Å²) in [4.78, 5) is 0. The van der Waals surface area contributed by atoms with Crippen molar-refractivity contribution in [2.45, 2.75) is 84.6 Å². The van der Waals surface area contributed by atoms with Crippen LogP contribution in [0.2, 0.25) is 0 Å². The molecule has 1 heteroatoms. The first-order valence-electron chi connectivity index (χ1n) is 9.09. The van der Waals surface area contributed by atoms with E-state index in [9.17, 15) is 0 Å². The Hall–Kier alpha value is -0.820. The lowest BCUT2D eigenvalue weighted by Gasteiger charge is -2.05. The molecule has 1 nitrogen and oxygen atoms in total. The fourth-order valence-corrected chi connectivity index (χ4v) is 2.68. The van der Waals surface area contributed by atoms with E-state index in [1.807, 2.05) is 0 Å². The molecule has 0 aromatic heterocycles. The Labute approximate surface area is 132 Å². The van der Waals surface area contributed by atoms with Gasteiger partial charge in [-0.3, -0.25) is 0 Å². The maximum atomic E-state index is 3.55. The molecule has 1 aromatic carbocycles. The highest BCUT2D eigenvalue weighted by atomic mass is 14.8. The number of unbranched alkanes of at least 4 members (excludes halogenated alkanes) is 9. The Morgan fingerprint density at radius 1 is 0.714 bits per heavy atom. The number of hydrogen-bond acceptors (Lipinski definition) is 1. The summed E-state index contributed by atoms with van der Waals surface area (Å²) in [6.45, 7) is 6.59. The third kappa shape index (κ3) is 10.5. The van der Waals surface area contributed by atoms with Gasteiger partial charge in [0.05, 0.1) is 0 Å². The molecule has 0 fully saturated rings. The van der Waals surface area contributed by atoms with Gasteiger partial charge in [-0.2, -0.15) is 0 Å². The minimum atomic E-state index is 1.01. The molecule has 1 rings (SSSR count). The predicted molar refractivity (Wildman–Crippen MR) is 94.7 cm³/mol. The van der Waals surface area contributed by atoms with Crippen molar-refractivity contribution in [2.24, 2.45) is 0 Å². The van der Waals surface area contributed by atoms with Crippen LogP contribution in [0.3, 0.4) is 0 Å². The highest BCUT2D eigenvalue weighted by molar-refractivity contribution is 5.20. The van der Waals surface area contributed by atoms with E-state index in [1.54, 1.807) is 0 Å². The fraction of sp³-hybridized carbons (Fsp3) is 0.700. The van der Waals surface area contributed by atoms with Crippen LogP contribution in [0.4, 0.5) is 0 Å². The zero-order valence-electron chi connectivity index (χ0n) is 14.3. The topological polar surface area (TPSA) is 12.0 Å². The Morgan fingerprint density at radius 2 is 1.24 bits per heavy atom. The molecule has 0 spiro atoms. The normalized spacial score (nSPS) is 11.0. The summed E-state index contributed by atoms with van der Waals surface area (Å²) in [7, 11) is 0. The Morgan fingerprint density at radius 3 is 1.81 bits per heavy atom. The average molecular weight is 290 g/mol. The highest BCUT2D eigenvalue weighted by Gasteiger charge is 1.94. The van der Waals surface area contributed by atoms with Gasteiger partial charge in [-0.1, -0.05) is 94.5 Å². The predicted octanol–water partition coefficient (Wildman–Crippen LogP) is 6.01. The molecule has 0 amide bonds. The van der Waals surface area contributed by atoms with Crippen molar-refractivity contribution in [3.8, 4) is 0 Å². The second-order valence-corrected chi connectivity index (χ2v) is 6.34. The third-order valence-corrected chi connectivity index (χ3v) is 4.16. The average Bonchev–Trinajstić information content (AvgIpc) is 2.50. The minimum Gasteiger partial charge on any atom is -0.313 e. The Bertz CT molecular complexity index is 328. The van der Waals surface area contributed by atoms with Crippen molar-refractivity contribution in [3.63, 3.8) is 0 Å². The Balaban J connectivity index is 1.81. The molecule has 1 N–H and O–H groups in total. The molecule has 0 aliphatic heterocycles. The van der Waals surface area contributed by atoms with E-state index in [1.165, 1.54) is 75.3 Å². The third-order valence-electron chi connectivity index (χ3n) is 4.16. The molecule has 0 saturated heterocycles. The van der Waals surface area contributed by atoms with Gasteiger partial charge in [-0.15, -0.1) is 0 Å². The van der Waals surface area contributed by atoms with Gasteiger partial charge in [0, 0.05) is 6.54 Å². The summed E-state index contributed by atoms with van der Waals surface area (Å²) in [6, 6.07) is 8.83. The maximum Gasteiger partial charge on any atom is 0.0205 e. The van der Waals surface area contributed by atoms with E-state index in [-0.39, 0.29) is 0 Å². The van der Waals surface area contributed by atoms with Gasteiger partial charge in [0.1, 0.15) is 0 Å². The standard InChI is InChI=1S/C20H35N/c1-3-4-5-6-7-8-9-10-11-12-17-21-18-20-15-13-19(2)14-16-20/h13-16,21H,3-12,17-18H2,1-2H3. The lowest BCUT2D eigenvalue weighted by Crippen LogP contribution is -2.14. The van der Waals surface area contributed by atoms with Crippen molar-refractivity contribution < 1.29 is 0 Å². The monoisotopic (exact) mass is 289 g/mol. The second kappa shape index (κ2) is 12.9. The molecule has 0 radical (unpaired) electrons. The van der Waals surface area contributed by atoms with E-state index < -0.39 is 0 Å². The molecule has 0 atom stereocenters. The second-order valence-electron chi connectivity index (χ2n) is 6.34.